The number of thiazole rings is 1. The molecule has 0 spiro atoms. The molecule has 0 aromatic carbocycles. The Morgan fingerprint density at radius 2 is 2.27 bits per heavy atom. The maximum absolute atomic E-state index is 5.88. The summed E-state index contributed by atoms with van der Waals surface area (Å²) in [7, 11) is 2.12. The van der Waals surface area contributed by atoms with Gasteiger partial charge in [0.05, 0.1) is 11.2 Å². The summed E-state index contributed by atoms with van der Waals surface area (Å²) in [5.41, 5.74) is 8.92. The molecular weight excluding hydrogens is 206 g/mol. The van der Waals surface area contributed by atoms with Gasteiger partial charge in [-0.25, -0.2) is 4.98 Å². The smallest absolute Gasteiger partial charge is 0.0795 e. The lowest BCUT2D eigenvalue weighted by Crippen LogP contribution is -2.53. The summed E-state index contributed by atoms with van der Waals surface area (Å²) in [6.07, 6.45) is 0. The van der Waals surface area contributed by atoms with Crippen LogP contribution in [0, 0.1) is 5.92 Å². The van der Waals surface area contributed by atoms with E-state index in [9.17, 15) is 0 Å². The van der Waals surface area contributed by atoms with E-state index in [0.29, 0.717) is 12.5 Å². The SMILES string of the molecule is CC(C)C(C)(CN)N(C)Cc1cscn1. The lowest BCUT2D eigenvalue weighted by molar-refractivity contribution is 0.0867. The van der Waals surface area contributed by atoms with Gasteiger partial charge in [-0.3, -0.25) is 4.90 Å². The molecule has 1 aromatic rings. The number of rotatable bonds is 5. The van der Waals surface area contributed by atoms with E-state index < -0.39 is 0 Å². The van der Waals surface area contributed by atoms with Crippen LogP contribution in [0.25, 0.3) is 0 Å². The van der Waals surface area contributed by atoms with Gasteiger partial charge in [0.2, 0.25) is 0 Å². The highest BCUT2D eigenvalue weighted by atomic mass is 32.1. The molecule has 1 atom stereocenters. The average Bonchev–Trinajstić information content (AvgIpc) is 2.68. The number of aromatic nitrogens is 1. The van der Waals surface area contributed by atoms with Gasteiger partial charge >= 0.3 is 0 Å². The lowest BCUT2D eigenvalue weighted by atomic mass is 9.87. The van der Waals surface area contributed by atoms with E-state index in [1.54, 1.807) is 11.3 Å². The molecule has 0 saturated heterocycles. The minimum Gasteiger partial charge on any atom is -0.329 e. The largest absolute Gasteiger partial charge is 0.329 e. The first-order chi connectivity index (χ1) is 7.00. The third kappa shape index (κ3) is 2.77. The van der Waals surface area contributed by atoms with Crippen molar-refractivity contribution in [3.05, 3.63) is 16.6 Å². The van der Waals surface area contributed by atoms with E-state index in [1.807, 2.05) is 5.51 Å². The van der Waals surface area contributed by atoms with Gasteiger partial charge in [0.15, 0.2) is 0 Å². The van der Waals surface area contributed by atoms with Crippen molar-refractivity contribution in [3.8, 4) is 0 Å². The zero-order valence-electron chi connectivity index (χ0n) is 10.0. The van der Waals surface area contributed by atoms with Crippen LogP contribution in [-0.2, 0) is 6.54 Å². The second-order valence-corrected chi connectivity index (χ2v) is 5.27. The van der Waals surface area contributed by atoms with E-state index in [2.05, 4.69) is 43.1 Å². The number of hydrogen-bond donors (Lipinski definition) is 1. The maximum Gasteiger partial charge on any atom is 0.0795 e. The van der Waals surface area contributed by atoms with Crippen molar-refractivity contribution in [1.82, 2.24) is 9.88 Å². The van der Waals surface area contributed by atoms with Gasteiger partial charge in [0.1, 0.15) is 0 Å². The molecule has 0 radical (unpaired) electrons. The van der Waals surface area contributed by atoms with E-state index in [0.717, 1.165) is 12.2 Å². The molecule has 1 aromatic heterocycles. The van der Waals surface area contributed by atoms with Crippen LogP contribution in [0.15, 0.2) is 10.9 Å². The van der Waals surface area contributed by atoms with Gasteiger partial charge in [0.25, 0.3) is 0 Å². The number of nitrogens with two attached hydrogens (primary N) is 1. The molecule has 1 heterocycles. The summed E-state index contributed by atoms with van der Waals surface area (Å²) in [6.45, 7) is 8.18. The van der Waals surface area contributed by atoms with Crippen LogP contribution in [0.1, 0.15) is 26.5 Å². The molecule has 0 aliphatic heterocycles. The Bertz CT molecular complexity index is 284. The number of hydrogen-bond acceptors (Lipinski definition) is 4. The predicted molar refractivity (Wildman–Crippen MR) is 65.9 cm³/mol. The van der Waals surface area contributed by atoms with Crippen molar-refractivity contribution < 1.29 is 0 Å². The van der Waals surface area contributed by atoms with Crippen LogP contribution in [0.3, 0.4) is 0 Å². The van der Waals surface area contributed by atoms with Crippen LogP contribution >= 0.6 is 11.3 Å². The van der Waals surface area contributed by atoms with E-state index in [1.165, 1.54) is 0 Å². The second kappa shape index (κ2) is 5.05. The highest BCUT2D eigenvalue weighted by Crippen LogP contribution is 2.23. The zero-order chi connectivity index (χ0) is 11.5. The Morgan fingerprint density at radius 1 is 1.60 bits per heavy atom. The third-order valence-electron chi connectivity index (χ3n) is 3.41. The Morgan fingerprint density at radius 3 is 2.67 bits per heavy atom. The Labute approximate surface area is 96.3 Å². The summed E-state index contributed by atoms with van der Waals surface area (Å²) in [5, 5.41) is 2.09. The van der Waals surface area contributed by atoms with Crippen molar-refractivity contribution >= 4 is 11.3 Å². The molecular formula is C11H21N3S. The van der Waals surface area contributed by atoms with Gasteiger partial charge in [-0.15, -0.1) is 11.3 Å². The third-order valence-corrected chi connectivity index (χ3v) is 4.05. The molecule has 3 nitrogen and oxygen atoms in total. The molecule has 2 N–H and O–H groups in total. The molecule has 0 bridgehead atoms. The normalized spacial score (nSPS) is 15.9. The Balaban J connectivity index is 2.69. The van der Waals surface area contributed by atoms with Crippen LogP contribution in [-0.4, -0.2) is 29.0 Å². The number of nitrogens with zero attached hydrogens (tertiary/aromatic N) is 2. The molecule has 0 amide bonds. The molecule has 0 saturated carbocycles. The summed E-state index contributed by atoms with van der Waals surface area (Å²) >= 11 is 1.64. The molecule has 0 aliphatic rings. The fourth-order valence-corrected chi connectivity index (χ4v) is 2.12. The van der Waals surface area contributed by atoms with Gasteiger partial charge in [-0.1, -0.05) is 13.8 Å². The minimum absolute atomic E-state index is 0.0453. The summed E-state index contributed by atoms with van der Waals surface area (Å²) < 4.78 is 0. The first-order valence-electron chi connectivity index (χ1n) is 5.29. The van der Waals surface area contributed by atoms with Crippen LogP contribution in [0.5, 0.6) is 0 Å². The second-order valence-electron chi connectivity index (χ2n) is 4.55. The maximum atomic E-state index is 5.88. The Hall–Kier alpha value is -0.450. The molecule has 0 fully saturated rings. The number of likely N-dealkylation sites (N-methyl/N-ethyl adjacent to an activating group) is 1. The van der Waals surface area contributed by atoms with E-state index in [4.69, 9.17) is 5.73 Å². The van der Waals surface area contributed by atoms with E-state index >= 15 is 0 Å². The standard InChI is InChI=1S/C11H21N3S/c1-9(2)11(3,7-12)14(4)5-10-6-15-8-13-10/h6,8-9H,5,7,12H2,1-4H3. The summed E-state index contributed by atoms with van der Waals surface area (Å²) in [5.74, 6) is 0.533. The van der Waals surface area contributed by atoms with Crippen molar-refractivity contribution in [3.63, 3.8) is 0 Å². The monoisotopic (exact) mass is 227 g/mol. The van der Waals surface area contributed by atoms with Gasteiger partial charge in [0, 0.05) is 24.0 Å². The van der Waals surface area contributed by atoms with Crippen LogP contribution in [0.2, 0.25) is 0 Å². The topological polar surface area (TPSA) is 42.1 Å². The average molecular weight is 227 g/mol. The highest BCUT2D eigenvalue weighted by molar-refractivity contribution is 7.07. The predicted octanol–water partition coefficient (Wildman–Crippen LogP) is 1.95. The van der Waals surface area contributed by atoms with E-state index in [-0.39, 0.29) is 5.54 Å². The zero-order valence-corrected chi connectivity index (χ0v) is 10.8. The lowest BCUT2D eigenvalue weighted by Gasteiger charge is -2.41. The van der Waals surface area contributed by atoms with Crippen molar-refractivity contribution in [1.29, 1.82) is 0 Å². The molecule has 86 valence electrons. The fourth-order valence-electron chi connectivity index (χ4n) is 1.57. The summed E-state index contributed by atoms with van der Waals surface area (Å²) in [6, 6.07) is 0. The van der Waals surface area contributed by atoms with Crippen molar-refractivity contribution in [2.45, 2.75) is 32.9 Å². The fraction of sp³-hybridized carbons (Fsp3) is 0.727. The molecule has 15 heavy (non-hydrogen) atoms. The van der Waals surface area contributed by atoms with Crippen LogP contribution in [0.4, 0.5) is 0 Å². The molecule has 4 heteroatoms. The van der Waals surface area contributed by atoms with Gasteiger partial charge < -0.3 is 5.73 Å². The Kier molecular flexibility index (Phi) is 4.25. The van der Waals surface area contributed by atoms with Crippen molar-refractivity contribution in [2.75, 3.05) is 13.6 Å². The summed E-state index contributed by atoms with van der Waals surface area (Å²) in [4.78, 5) is 6.60. The quantitative estimate of drug-likeness (QED) is 0.836. The highest BCUT2D eigenvalue weighted by Gasteiger charge is 2.31. The first-order valence-corrected chi connectivity index (χ1v) is 6.23. The van der Waals surface area contributed by atoms with Crippen molar-refractivity contribution in [2.24, 2.45) is 11.7 Å². The van der Waals surface area contributed by atoms with Crippen LogP contribution < -0.4 is 5.73 Å². The van der Waals surface area contributed by atoms with Gasteiger partial charge in [-0.2, -0.15) is 0 Å². The molecule has 1 rings (SSSR count). The minimum atomic E-state index is 0.0453. The first kappa shape index (κ1) is 12.6. The molecule has 1 unspecified atom stereocenters. The van der Waals surface area contributed by atoms with Gasteiger partial charge in [-0.05, 0) is 19.9 Å². The molecule has 0 aliphatic carbocycles.